The van der Waals surface area contributed by atoms with Crippen LogP contribution in [0.2, 0.25) is 0 Å². The Kier molecular flexibility index (Phi) is 5.22. The predicted octanol–water partition coefficient (Wildman–Crippen LogP) is -0.236. The topological polar surface area (TPSA) is 99.0 Å². The lowest BCUT2D eigenvalue weighted by molar-refractivity contribution is -0.122. The zero-order valence-electron chi connectivity index (χ0n) is 10.7. The van der Waals surface area contributed by atoms with Crippen LogP contribution in [0.5, 0.6) is 0 Å². The quantitative estimate of drug-likeness (QED) is 0.704. The van der Waals surface area contributed by atoms with Crippen molar-refractivity contribution in [2.75, 3.05) is 6.61 Å². The van der Waals surface area contributed by atoms with Gasteiger partial charge in [-0.2, -0.15) is 0 Å². The molecular formula is C10H17N5O3. The maximum atomic E-state index is 11.6. The Hall–Kier alpha value is -1.99. The number of amides is 1. The van der Waals surface area contributed by atoms with Gasteiger partial charge in [0.25, 0.3) is 5.82 Å². The van der Waals surface area contributed by atoms with Gasteiger partial charge in [0, 0.05) is 6.04 Å². The third-order valence-corrected chi connectivity index (χ3v) is 2.30. The summed E-state index contributed by atoms with van der Waals surface area (Å²) in [5, 5.41) is 13.2. The fourth-order valence-electron chi connectivity index (χ4n) is 1.21. The van der Waals surface area contributed by atoms with E-state index in [9.17, 15) is 9.59 Å². The summed E-state index contributed by atoms with van der Waals surface area (Å²) in [6.07, 6.45) is 0.825. The van der Waals surface area contributed by atoms with E-state index in [0.717, 1.165) is 11.1 Å². The van der Waals surface area contributed by atoms with Crippen molar-refractivity contribution < 1.29 is 14.3 Å². The van der Waals surface area contributed by atoms with E-state index in [-0.39, 0.29) is 30.9 Å². The highest BCUT2D eigenvalue weighted by Crippen LogP contribution is 1.96. The van der Waals surface area contributed by atoms with Crippen molar-refractivity contribution >= 4 is 11.9 Å². The molecule has 0 saturated heterocycles. The Morgan fingerprint density at radius 1 is 1.44 bits per heavy atom. The summed E-state index contributed by atoms with van der Waals surface area (Å²) in [7, 11) is 0. The molecule has 1 atom stereocenters. The molecule has 1 aromatic heterocycles. The van der Waals surface area contributed by atoms with E-state index in [2.05, 4.69) is 20.8 Å². The third kappa shape index (κ3) is 3.79. The zero-order chi connectivity index (χ0) is 13.5. The van der Waals surface area contributed by atoms with Gasteiger partial charge in [0.1, 0.15) is 6.54 Å². The first-order valence-corrected chi connectivity index (χ1v) is 5.81. The van der Waals surface area contributed by atoms with Gasteiger partial charge in [0.05, 0.1) is 6.61 Å². The van der Waals surface area contributed by atoms with Crippen molar-refractivity contribution in [1.82, 2.24) is 25.5 Å². The number of aromatic nitrogens is 4. The smallest absolute Gasteiger partial charge is 0.378 e. The molecule has 0 aliphatic rings. The van der Waals surface area contributed by atoms with Crippen LogP contribution in [0.25, 0.3) is 0 Å². The van der Waals surface area contributed by atoms with E-state index in [4.69, 9.17) is 4.74 Å². The second-order valence-electron chi connectivity index (χ2n) is 3.76. The molecule has 100 valence electrons. The Morgan fingerprint density at radius 3 is 2.78 bits per heavy atom. The number of carbonyl (C=O) groups excluding carboxylic acids is 2. The highest BCUT2D eigenvalue weighted by atomic mass is 16.5. The summed E-state index contributed by atoms with van der Waals surface area (Å²) in [5.41, 5.74) is 0. The van der Waals surface area contributed by atoms with Crippen molar-refractivity contribution in [3.05, 3.63) is 5.82 Å². The first-order valence-electron chi connectivity index (χ1n) is 5.81. The van der Waals surface area contributed by atoms with E-state index >= 15 is 0 Å². The van der Waals surface area contributed by atoms with E-state index < -0.39 is 5.97 Å². The monoisotopic (exact) mass is 255 g/mol. The van der Waals surface area contributed by atoms with Gasteiger partial charge in [-0.25, -0.2) is 9.48 Å². The van der Waals surface area contributed by atoms with E-state index in [1.807, 2.05) is 13.8 Å². The van der Waals surface area contributed by atoms with E-state index in [0.29, 0.717) is 0 Å². The number of tetrazole rings is 1. The number of carbonyl (C=O) groups is 2. The van der Waals surface area contributed by atoms with Crippen LogP contribution >= 0.6 is 0 Å². The molecule has 0 fully saturated rings. The molecule has 0 aliphatic heterocycles. The third-order valence-electron chi connectivity index (χ3n) is 2.30. The van der Waals surface area contributed by atoms with Crippen LogP contribution in [0.3, 0.4) is 0 Å². The van der Waals surface area contributed by atoms with Crippen LogP contribution in [-0.2, 0) is 16.1 Å². The minimum absolute atomic E-state index is 0.0695. The molecule has 8 heteroatoms. The van der Waals surface area contributed by atoms with Gasteiger partial charge in [0.15, 0.2) is 0 Å². The molecule has 1 N–H and O–H groups in total. The van der Waals surface area contributed by atoms with Crippen molar-refractivity contribution in [2.45, 2.75) is 39.8 Å². The molecular weight excluding hydrogens is 238 g/mol. The molecule has 0 saturated carbocycles. The first-order chi connectivity index (χ1) is 8.58. The average molecular weight is 255 g/mol. The van der Waals surface area contributed by atoms with Crippen molar-refractivity contribution in [3.63, 3.8) is 0 Å². The van der Waals surface area contributed by atoms with E-state index in [1.54, 1.807) is 6.92 Å². The normalized spacial score (nSPS) is 11.9. The van der Waals surface area contributed by atoms with Gasteiger partial charge in [-0.1, -0.05) is 6.92 Å². The van der Waals surface area contributed by atoms with Crippen LogP contribution < -0.4 is 5.32 Å². The largest absolute Gasteiger partial charge is 0.460 e. The number of rotatable bonds is 6. The summed E-state index contributed by atoms with van der Waals surface area (Å²) in [4.78, 5) is 23.1. The maximum absolute atomic E-state index is 11.6. The summed E-state index contributed by atoms with van der Waals surface area (Å²) < 4.78 is 5.90. The van der Waals surface area contributed by atoms with Crippen LogP contribution in [-0.4, -0.2) is 44.7 Å². The number of hydrogen-bond donors (Lipinski definition) is 1. The highest BCUT2D eigenvalue weighted by molar-refractivity contribution is 5.86. The molecule has 0 aromatic carbocycles. The molecule has 1 aromatic rings. The molecule has 0 radical (unpaired) electrons. The average Bonchev–Trinajstić information content (AvgIpc) is 2.77. The van der Waals surface area contributed by atoms with Gasteiger partial charge >= 0.3 is 5.97 Å². The second kappa shape index (κ2) is 6.67. The number of hydrogen-bond acceptors (Lipinski definition) is 6. The van der Waals surface area contributed by atoms with Crippen LogP contribution in [0.1, 0.15) is 37.8 Å². The lowest BCUT2D eigenvalue weighted by Crippen LogP contribution is -2.35. The fourth-order valence-corrected chi connectivity index (χ4v) is 1.21. The Bertz CT molecular complexity index is 417. The lowest BCUT2D eigenvalue weighted by atomic mass is 10.2. The molecule has 0 bridgehead atoms. The molecule has 1 amide bonds. The van der Waals surface area contributed by atoms with Gasteiger partial charge in [-0.3, -0.25) is 4.79 Å². The first kappa shape index (κ1) is 14.1. The van der Waals surface area contributed by atoms with Gasteiger partial charge in [0.2, 0.25) is 5.91 Å². The SMILES string of the molecule is CCOC(=O)c1nnnn1CC(=O)NC(C)CC. The summed E-state index contributed by atoms with van der Waals surface area (Å²) in [5.74, 6) is -0.961. The fraction of sp³-hybridized carbons (Fsp3) is 0.700. The zero-order valence-corrected chi connectivity index (χ0v) is 10.7. The summed E-state index contributed by atoms with van der Waals surface area (Å²) >= 11 is 0. The molecule has 0 spiro atoms. The Morgan fingerprint density at radius 2 is 2.17 bits per heavy atom. The highest BCUT2D eigenvalue weighted by Gasteiger charge is 2.18. The molecule has 0 aliphatic carbocycles. The predicted molar refractivity (Wildman–Crippen MR) is 61.7 cm³/mol. The minimum atomic E-state index is -0.640. The van der Waals surface area contributed by atoms with E-state index in [1.165, 1.54) is 0 Å². The van der Waals surface area contributed by atoms with Crippen LogP contribution in [0, 0.1) is 0 Å². The number of nitrogens with zero attached hydrogens (tertiary/aromatic N) is 4. The van der Waals surface area contributed by atoms with Crippen LogP contribution in [0.15, 0.2) is 0 Å². The molecule has 1 heterocycles. The van der Waals surface area contributed by atoms with Crippen LogP contribution in [0.4, 0.5) is 0 Å². The maximum Gasteiger partial charge on any atom is 0.378 e. The Labute approximate surface area is 105 Å². The number of esters is 1. The molecule has 8 nitrogen and oxygen atoms in total. The minimum Gasteiger partial charge on any atom is -0.460 e. The second-order valence-corrected chi connectivity index (χ2v) is 3.76. The van der Waals surface area contributed by atoms with Crippen molar-refractivity contribution in [1.29, 1.82) is 0 Å². The summed E-state index contributed by atoms with van der Waals surface area (Å²) in [6.45, 7) is 5.66. The number of nitrogens with one attached hydrogen (secondary N) is 1. The lowest BCUT2D eigenvalue weighted by Gasteiger charge is -2.11. The Balaban J connectivity index is 2.65. The molecule has 1 rings (SSSR count). The molecule has 18 heavy (non-hydrogen) atoms. The van der Waals surface area contributed by atoms with Gasteiger partial charge < -0.3 is 10.1 Å². The number of ether oxygens (including phenoxy) is 1. The van der Waals surface area contributed by atoms with Crippen molar-refractivity contribution in [2.24, 2.45) is 0 Å². The summed E-state index contributed by atoms with van der Waals surface area (Å²) in [6, 6.07) is 0.0695. The molecule has 1 unspecified atom stereocenters. The standard InChI is InChI=1S/C10H17N5O3/c1-4-7(3)11-8(16)6-15-9(12-13-14-15)10(17)18-5-2/h7H,4-6H2,1-3H3,(H,11,16). The van der Waals surface area contributed by atoms with Gasteiger partial charge in [-0.05, 0) is 30.7 Å². The van der Waals surface area contributed by atoms with Gasteiger partial charge in [-0.15, -0.1) is 5.10 Å². The van der Waals surface area contributed by atoms with Crippen molar-refractivity contribution in [3.8, 4) is 0 Å².